The van der Waals surface area contributed by atoms with Crippen LogP contribution >= 0.6 is 23.2 Å². The van der Waals surface area contributed by atoms with Crippen LogP contribution in [0, 0.1) is 5.41 Å². The van der Waals surface area contributed by atoms with Gasteiger partial charge < -0.3 is 5.32 Å². The predicted octanol–water partition coefficient (Wildman–Crippen LogP) is 2.85. The van der Waals surface area contributed by atoms with Crippen molar-refractivity contribution in [2.45, 2.75) is 24.2 Å². The Kier molecular flexibility index (Phi) is 3.42. The lowest BCUT2D eigenvalue weighted by molar-refractivity contribution is -0.120. The average molecular weight is 325 g/mol. The molecule has 0 spiro atoms. The van der Waals surface area contributed by atoms with E-state index in [1.165, 1.54) is 6.33 Å². The van der Waals surface area contributed by atoms with Crippen molar-refractivity contribution in [1.82, 2.24) is 14.8 Å². The van der Waals surface area contributed by atoms with Crippen molar-refractivity contribution in [3.8, 4) is 0 Å². The van der Waals surface area contributed by atoms with Crippen molar-refractivity contribution >= 4 is 34.8 Å². The number of carbonyl (C=O) groups excluding carboxylic acids is 1. The van der Waals surface area contributed by atoms with Gasteiger partial charge in [0, 0.05) is 5.69 Å². The number of hydrogen-bond donors (Lipinski definition) is 1. The zero-order valence-electron chi connectivity index (χ0n) is 11.4. The van der Waals surface area contributed by atoms with E-state index in [4.69, 9.17) is 23.2 Å². The number of benzene rings is 1. The minimum absolute atomic E-state index is 0.156. The Hall–Kier alpha value is -1.59. The van der Waals surface area contributed by atoms with Gasteiger partial charge >= 0.3 is 0 Å². The Morgan fingerprint density at radius 2 is 2.05 bits per heavy atom. The molecule has 1 atom stereocenters. The van der Waals surface area contributed by atoms with Gasteiger partial charge in [-0.3, -0.25) is 4.79 Å². The molecule has 1 aromatic heterocycles. The van der Waals surface area contributed by atoms with E-state index in [2.05, 4.69) is 15.4 Å². The van der Waals surface area contributed by atoms with Gasteiger partial charge in [-0.15, -0.1) is 23.2 Å². The highest BCUT2D eigenvalue weighted by molar-refractivity contribution is 6.53. The minimum atomic E-state index is -0.954. The standard InChI is InChI=1S/C14H14Cl2N4O/c1-13(7-14(13,15)16)12(21)19-11-4-2-10(3-5-11)6-20-9-17-8-18-20/h2-5,8-9H,6-7H2,1H3,(H,19,21)/t13-/m0/s1. The van der Waals surface area contributed by atoms with Gasteiger partial charge in [0.1, 0.15) is 17.0 Å². The third kappa shape index (κ3) is 2.76. The van der Waals surface area contributed by atoms with E-state index in [9.17, 15) is 4.79 Å². The fourth-order valence-electron chi connectivity index (χ4n) is 2.11. The van der Waals surface area contributed by atoms with Crippen LogP contribution in [0.15, 0.2) is 36.9 Å². The molecule has 2 aromatic rings. The zero-order chi connectivity index (χ0) is 15.1. The van der Waals surface area contributed by atoms with E-state index >= 15 is 0 Å². The molecular weight excluding hydrogens is 311 g/mol. The van der Waals surface area contributed by atoms with Crippen molar-refractivity contribution in [3.05, 3.63) is 42.5 Å². The number of amides is 1. The van der Waals surface area contributed by atoms with Crippen LogP contribution in [0.1, 0.15) is 18.9 Å². The molecule has 1 aliphatic rings. The maximum Gasteiger partial charge on any atom is 0.233 e. The van der Waals surface area contributed by atoms with Crippen LogP contribution in [-0.2, 0) is 11.3 Å². The molecule has 1 aromatic carbocycles. The Balaban J connectivity index is 1.64. The highest BCUT2D eigenvalue weighted by atomic mass is 35.5. The number of nitrogens with one attached hydrogen (secondary N) is 1. The lowest BCUT2D eigenvalue weighted by Gasteiger charge is -2.13. The second-order valence-electron chi connectivity index (χ2n) is 5.46. The van der Waals surface area contributed by atoms with Crippen LogP contribution in [0.2, 0.25) is 0 Å². The molecule has 1 heterocycles. The van der Waals surface area contributed by atoms with Gasteiger partial charge in [0.15, 0.2) is 0 Å². The first-order valence-electron chi connectivity index (χ1n) is 6.51. The summed E-state index contributed by atoms with van der Waals surface area (Å²) in [6, 6.07) is 7.56. The van der Waals surface area contributed by atoms with Crippen molar-refractivity contribution < 1.29 is 4.79 Å². The number of rotatable bonds is 4. The molecule has 5 nitrogen and oxygen atoms in total. The molecule has 1 aliphatic carbocycles. The van der Waals surface area contributed by atoms with Gasteiger partial charge in [-0.2, -0.15) is 5.10 Å². The smallest absolute Gasteiger partial charge is 0.233 e. The molecule has 21 heavy (non-hydrogen) atoms. The number of anilines is 1. The summed E-state index contributed by atoms with van der Waals surface area (Å²) in [6.45, 7) is 2.40. The number of aromatic nitrogens is 3. The monoisotopic (exact) mass is 324 g/mol. The van der Waals surface area contributed by atoms with Crippen LogP contribution < -0.4 is 5.32 Å². The van der Waals surface area contributed by atoms with Gasteiger partial charge in [-0.05, 0) is 31.0 Å². The van der Waals surface area contributed by atoms with Crippen molar-refractivity contribution in [2.75, 3.05) is 5.32 Å². The van der Waals surface area contributed by atoms with Gasteiger partial charge in [0.25, 0.3) is 0 Å². The fourth-order valence-corrected chi connectivity index (χ4v) is 2.82. The number of alkyl halides is 2. The Bertz CT molecular complexity index is 654. The molecule has 7 heteroatoms. The summed E-state index contributed by atoms with van der Waals surface area (Å²) in [5.41, 5.74) is 1.08. The third-order valence-electron chi connectivity index (χ3n) is 3.78. The SMILES string of the molecule is C[C@@]1(C(=O)Nc2ccc(Cn3cncn3)cc2)CC1(Cl)Cl. The van der Waals surface area contributed by atoms with E-state index < -0.39 is 9.75 Å². The molecule has 110 valence electrons. The molecule has 0 aliphatic heterocycles. The first kappa shape index (κ1) is 14.4. The van der Waals surface area contributed by atoms with E-state index in [-0.39, 0.29) is 5.91 Å². The molecule has 1 N–H and O–H groups in total. The van der Waals surface area contributed by atoms with Crippen LogP contribution in [0.4, 0.5) is 5.69 Å². The summed E-state index contributed by atoms with van der Waals surface area (Å²) < 4.78 is 0.776. The van der Waals surface area contributed by atoms with Gasteiger partial charge in [-0.25, -0.2) is 9.67 Å². The summed E-state index contributed by atoms with van der Waals surface area (Å²) >= 11 is 12.0. The summed E-state index contributed by atoms with van der Waals surface area (Å²) in [6.07, 6.45) is 3.62. The van der Waals surface area contributed by atoms with Crippen LogP contribution in [0.3, 0.4) is 0 Å². The highest BCUT2D eigenvalue weighted by Gasteiger charge is 2.67. The summed E-state index contributed by atoms with van der Waals surface area (Å²) in [5.74, 6) is -0.156. The maximum atomic E-state index is 12.2. The lowest BCUT2D eigenvalue weighted by Crippen LogP contribution is -2.25. The number of nitrogens with zero attached hydrogens (tertiary/aromatic N) is 3. The average Bonchev–Trinajstić information content (AvgIpc) is 2.81. The number of halogens is 2. The highest BCUT2D eigenvalue weighted by Crippen LogP contribution is 2.64. The molecule has 1 fully saturated rings. The molecule has 3 rings (SSSR count). The maximum absolute atomic E-state index is 12.2. The van der Waals surface area contributed by atoms with Gasteiger partial charge in [-0.1, -0.05) is 12.1 Å². The van der Waals surface area contributed by atoms with E-state index in [0.717, 1.165) is 11.3 Å². The quantitative estimate of drug-likeness (QED) is 0.880. The number of carbonyl (C=O) groups is 1. The molecule has 1 saturated carbocycles. The van der Waals surface area contributed by atoms with E-state index in [0.29, 0.717) is 13.0 Å². The van der Waals surface area contributed by atoms with E-state index in [1.807, 2.05) is 24.3 Å². The van der Waals surface area contributed by atoms with E-state index in [1.54, 1.807) is 17.9 Å². The van der Waals surface area contributed by atoms with Crippen molar-refractivity contribution in [3.63, 3.8) is 0 Å². The minimum Gasteiger partial charge on any atom is -0.326 e. The normalized spacial score (nSPS) is 22.8. The van der Waals surface area contributed by atoms with Crippen molar-refractivity contribution in [2.24, 2.45) is 5.41 Å². The van der Waals surface area contributed by atoms with Crippen LogP contribution in [-0.4, -0.2) is 25.0 Å². The Morgan fingerprint density at radius 1 is 1.38 bits per heavy atom. The summed E-state index contributed by atoms with van der Waals surface area (Å²) in [7, 11) is 0. The second kappa shape index (κ2) is 5.00. The molecule has 1 amide bonds. The summed E-state index contributed by atoms with van der Waals surface area (Å²) in [4.78, 5) is 16.0. The van der Waals surface area contributed by atoms with Crippen molar-refractivity contribution in [1.29, 1.82) is 0 Å². The molecular formula is C14H14Cl2N4O. The Labute approximate surface area is 132 Å². The number of hydrogen-bond acceptors (Lipinski definition) is 3. The fraction of sp³-hybridized carbons (Fsp3) is 0.357. The van der Waals surface area contributed by atoms with Gasteiger partial charge in [0.05, 0.1) is 12.0 Å². The molecule has 0 radical (unpaired) electrons. The topological polar surface area (TPSA) is 59.8 Å². The first-order valence-corrected chi connectivity index (χ1v) is 7.27. The second-order valence-corrected chi connectivity index (χ2v) is 6.94. The first-order chi connectivity index (χ1) is 9.91. The van der Waals surface area contributed by atoms with Crippen LogP contribution in [0.5, 0.6) is 0 Å². The predicted molar refractivity (Wildman–Crippen MR) is 81.4 cm³/mol. The summed E-state index contributed by atoms with van der Waals surface area (Å²) in [5, 5.41) is 6.89. The third-order valence-corrected chi connectivity index (χ3v) is 4.88. The largest absolute Gasteiger partial charge is 0.326 e. The lowest BCUT2D eigenvalue weighted by atomic mass is 10.1. The molecule has 0 bridgehead atoms. The Morgan fingerprint density at radius 3 is 2.57 bits per heavy atom. The van der Waals surface area contributed by atoms with Gasteiger partial charge in [0.2, 0.25) is 5.91 Å². The molecule has 0 unspecified atom stereocenters. The van der Waals surface area contributed by atoms with Crippen LogP contribution in [0.25, 0.3) is 0 Å². The zero-order valence-corrected chi connectivity index (χ0v) is 12.9. The molecule has 0 saturated heterocycles.